The van der Waals surface area contributed by atoms with E-state index >= 15 is 0 Å². The molecule has 2 rings (SSSR count). The zero-order valence-electron chi connectivity index (χ0n) is 8.10. The molecule has 0 saturated carbocycles. The summed E-state index contributed by atoms with van der Waals surface area (Å²) in [4.78, 5) is 12.9. The van der Waals surface area contributed by atoms with Crippen LogP contribution in [-0.4, -0.2) is 16.1 Å². The van der Waals surface area contributed by atoms with Crippen molar-refractivity contribution in [2.45, 2.75) is 6.18 Å². The van der Waals surface area contributed by atoms with Gasteiger partial charge in [0, 0.05) is 15.9 Å². The van der Waals surface area contributed by atoms with E-state index in [-0.39, 0.29) is 15.9 Å². The molecule has 0 aliphatic carbocycles. The Bertz CT molecular complexity index is 603. The van der Waals surface area contributed by atoms with E-state index in [4.69, 9.17) is 16.7 Å². The molecule has 2 N–H and O–H groups in total. The van der Waals surface area contributed by atoms with Crippen LogP contribution in [0.5, 0.6) is 0 Å². The van der Waals surface area contributed by atoms with Gasteiger partial charge in [-0.05, 0) is 18.2 Å². The normalized spacial score (nSPS) is 12.0. The molecule has 1 aromatic heterocycles. The lowest BCUT2D eigenvalue weighted by Gasteiger charge is -2.04. The van der Waals surface area contributed by atoms with Crippen LogP contribution in [0.2, 0.25) is 5.02 Å². The molecular formula is C10H5ClF3NO2. The maximum atomic E-state index is 12.6. The number of benzene rings is 1. The highest BCUT2D eigenvalue weighted by atomic mass is 35.5. The van der Waals surface area contributed by atoms with Crippen LogP contribution >= 0.6 is 11.6 Å². The van der Waals surface area contributed by atoms with Gasteiger partial charge in [0.15, 0.2) is 0 Å². The number of halogens is 4. The fraction of sp³-hybridized carbons (Fsp3) is 0.100. The number of alkyl halides is 3. The topological polar surface area (TPSA) is 53.1 Å². The van der Waals surface area contributed by atoms with Gasteiger partial charge >= 0.3 is 12.1 Å². The number of carbonyl (C=O) groups is 1. The summed E-state index contributed by atoms with van der Waals surface area (Å²) in [5.74, 6) is -1.65. The van der Waals surface area contributed by atoms with E-state index in [1.165, 1.54) is 18.2 Å². The van der Waals surface area contributed by atoms with E-state index in [1.54, 1.807) is 0 Å². The van der Waals surface area contributed by atoms with Gasteiger partial charge in [0.05, 0.1) is 5.56 Å². The molecule has 0 unspecified atom stereocenters. The first-order chi connectivity index (χ1) is 7.80. The molecule has 2 aromatic rings. The fourth-order valence-electron chi connectivity index (χ4n) is 1.60. The Hall–Kier alpha value is -1.69. The molecule has 7 heteroatoms. The van der Waals surface area contributed by atoms with Gasteiger partial charge in [-0.15, -0.1) is 0 Å². The number of hydrogen-bond acceptors (Lipinski definition) is 1. The van der Waals surface area contributed by atoms with Crippen LogP contribution in [-0.2, 0) is 6.18 Å². The van der Waals surface area contributed by atoms with Crippen LogP contribution in [0.4, 0.5) is 13.2 Å². The molecule has 0 aliphatic heterocycles. The highest BCUT2D eigenvalue weighted by Crippen LogP contribution is 2.36. The quantitative estimate of drug-likeness (QED) is 0.827. The van der Waals surface area contributed by atoms with Crippen LogP contribution in [0.25, 0.3) is 10.9 Å². The molecule has 0 saturated heterocycles. The number of aromatic amines is 1. The lowest BCUT2D eigenvalue weighted by Crippen LogP contribution is -2.11. The Kier molecular flexibility index (Phi) is 2.54. The third-order valence-electron chi connectivity index (χ3n) is 2.26. The summed E-state index contributed by atoms with van der Waals surface area (Å²) < 4.78 is 37.9. The monoisotopic (exact) mass is 263 g/mol. The minimum atomic E-state index is -4.75. The minimum Gasteiger partial charge on any atom is -0.478 e. The molecule has 1 heterocycles. The third kappa shape index (κ3) is 1.95. The van der Waals surface area contributed by atoms with E-state index in [2.05, 4.69) is 0 Å². The van der Waals surface area contributed by atoms with Crippen molar-refractivity contribution in [3.8, 4) is 0 Å². The first kappa shape index (κ1) is 11.8. The molecule has 0 aliphatic rings. The van der Waals surface area contributed by atoms with Crippen molar-refractivity contribution < 1.29 is 23.1 Å². The average molecular weight is 264 g/mol. The Morgan fingerprint density at radius 3 is 2.53 bits per heavy atom. The molecule has 0 radical (unpaired) electrons. The van der Waals surface area contributed by atoms with E-state index in [0.717, 1.165) is 0 Å². The van der Waals surface area contributed by atoms with E-state index in [0.29, 0.717) is 0 Å². The van der Waals surface area contributed by atoms with Crippen molar-refractivity contribution in [3.05, 3.63) is 34.5 Å². The van der Waals surface area contributed by atoms with Crippen LogP contribution in [0.3, 0.4) is 0 Å². The number of carboxylic acids is 1. The van der Waals surface area contributed by atoms with Gasteiger partial charge in [0.25, 0.3) is 0 Å². The third-order valence-corrected chi connectivity index (χ3v) is 2.49. The number of nitrogens with one attached hydrogen (secondary N) is 1. The summed E-state index contributed by atoms with van der Waals surface area (Å²) in [6, 6.07) is 3.87. The van der Waals surface area contributed by atoms with Gasteiger partial charge in [-0.25, -0.2) is 4.79 Å². The number of aromatic nitrogens is 1. The van der Waals surface area contributed by atoms with E-state index in [9.17, 15) is 18.0 Å². The Balaban J connectivity index is 2.86. The molecule has 17 heavy (non-hydrogen) atoms. The first-order valence-electron chi connectivity index (χ1n) is 4.42. The SMILES string of the molecule is O=C(O)c1c(C(F)(F)F)[nH]c2ccc(Cl)cc12. The Morgan fingerprint density at radius 1 is 1.35 bits per heavy atom. The number of H-pyrrole nitrogens is 1. The number of rotatable bonds is 1. The predicted octanol–water partition coefficient (Wildman–Crippen LogP) is 3.54. The summed E-state index contributed by atoms with van der Waals surface area (Å²) in [6.07, 6.45) is -4.75. The zero-order valence-corrected chi connectivity index (χ0v) is 8.86. The second kappa shape index (κ2) is 3.66. The second-order valence-electron chi connectivity index (χ2n) is 3.37. The van der Waals surface area contributed by atoms with E-state index in [1.807, 2.05) is 4.98 Å². The smallest absolute Gasteiger partial charge is 0.432 e. The summed E-state index contributed by atoms with van der Waals surface area (Å²) in [7, 11) is 0. The van der Waals surface area contributed by atoms with Gasteiger partial charge in [-0.1, -0.05) is 11.6 Å². The van der Waals surface area contributed by atoms with E-state index < -0.39 is 23.4 Å². The molecule has 90 valence electrons. The standard InChI is InChI=1S/C10H5ClF3NO2/c11-4-1-2-6-5(3-4)7(9(16)17)8(15-6)10(12,13)14/h1-3,15H,(H,16,17). The van der Waals surface area contributed by atoms with Crippen molar-refractivity contribution in [2.24, 2.45) is 0 Å². The van der Waals surface area contributed by atoms with Gasteiger partial charge in [0.2, 0.25) is 0 Å². The van der Waals surface area contributed by atoms with Crippen molar-refractivity contribution in [1.29, 1.82) is 0 Å². The number of aromatic carboxylic acids is 1. The van der Waals surface area contributed by atoms with Crippen LogP contribution < -0.4 is 0 Å². The molecule has 1 aromatic carbocycles. The van der Waals surface area contributed by atoms with Crippen LogP contribution in [0.15, 0.2) is 18.2 Å². The summed E-state index contributed by atoms with van der Waals surface area (Å²) in [6.45, 7) is 0. The average Bonchev–Trinajstić information content (AvgIpc) is 2.55. The Labute approximate surface area is 97.8 Å². The summed E-state index contributed by atoms with van der Waals surface area (Å²) in [5, 5.41) is 8.96. The number of fused-ring (bicyclic) bond motifs is 1. The number of hydrogen-bond donors (Lipinski definition) is 2. The van der Waals surface area contributed by atoms with Crippen molar-refractivity contribution in [1.82, 2.24) is 4.98 Å². The fourth-order valence-corrected chi connectivity index (χ4v) is 1.77. The van der Waals surface area contributed by atoms with Gasteiger partial charge in [0.1, 0.15) is 5.69 Å². The Morgan fingerprint density at radius 2 is 2.00 bits per heavy atom. The summed E-state index contributed by atoms with van der Waals surface area (Å²) >= 11 is 5.63. The molecule has 0 bridgehead atoms. The minimum absolute atomic E-state index is 0.0580. The lowest BCUT2D eigenvalue weighted by molar-refractivity contribution is -0.141. The van der Waals surface area contributed by atoms with Gasteiger partial charge < -0.3 is 10.1 Å². The predicted molar refractivity (Wildman–Crippen MR) is 55.3 cm³/mol. The molecule has 3 nitrogen and oxygen atoms in total. The van der Waals surface area contributed by atoms with Crippen molar-refractivity contribution >= 4 is 28.5 Å². The molecule has 0 spiro atoms. The molecule has 0 amide bonds. The lowest BCUT2D eigenvalue weighted by atomic mass is 10.1. The maximum absolute atomic E-state index is 12.6. The van der Waals surface area contributed by atoms with Crippen LogP contribution in [0.1, 0.15) is 16.1 Å². The van der Waals surface area contributed by atoms with Crippen molar-refractivity contribution in [3.63, 3.8) is 0 Å². The molecule has 0 atom stereocenters. The van der Waals surface area contributed by atoms with Crippen LogP contribution in [0, 0.1) is 0 Å². The maximum Gasteiger partial charge on any atom is 0.432 e. The second-order valence-corrected chi connectivity index (χ2v) is 3.80. The zero-order chi connectivity index (χ0) is 12.8. The highest BCUT2D eigenvalue weighted by Gasteiger charge is 2.38. The highest BCUT2D eigenvalue weighted by molar-refractivity contribution is 6.31. The largest absolute Gasteiger partial charge is 0.478 e. The van der Waals surface area contributed by atoms with Gasteiger partial charge in [-0.3, -0.25) is 0 Å². The molecular weight excluding hydrogens is 259 g/mol. The van der Waals surface area contributed by atoms with Gasteiger partial charge in [-0.2, -0.15) is 13.2 Å². The number of carboxylic acid groups (broad SMARTS) is 1. The first-order valence-corrected chi connectivity index (χ1v) is 4.80. The summed E-state index contributed by atoms with van der Waals surface area (Å²) in [5.41, 5.74) is -2.00. The molecule has 0 fully saturated rings. The van der Waals surface area contributed by atoms with Crippen molar-refractivity contribution in [2.75, 3.05) is 0 Å².